The number of carbonyl (C=O) groups excluding carboxylic acids is 1. The molecule has 0 spiro atoms. The maximum atomic E-state index is 13.5. The summed E-state index contributed by atoms with van der Waals surface area (Å²) >= 11 is 1.08. The van der Waals surface area contributed by atoms with Gasteiger partial charge in [0.15, 0.2) is 0 Å². The molecular formula is C18H16FN3O3S. The number of hydrogen-bond donors (Lipinski definition) is 1. The number of rotatable bonds is 7. The zero-order valence-corrected chi connectivity index (χ0v) is 14.8. The lowest BCUT2D eigenvalue weighted by Gasteiger charge is -2.04. The van der Waals surface area contributed by atoms with Crippen molar-refractivity contribution in [2.75, 3.05) is 17.7 Å². The van der Waals surface area contributed by atoms with E-state index in [-0.39, 0.29) is 22.6 Å². The van der Waals surface area contributed by atoms with E-state index in [1.54, 1.807) is 12.1 Å². The molecule has 6 nitrogen and oxygen atoms in total. The third-order valence-electron chi connectivity index (χ3n) is 3.29. The maximum Gasteiger partial charge on any atom is 0.277 e. The lowest BCUT2D eigenvalue weighted by molar-refractivity contribution is -0.113. The fraction of sp³-hybridized carbons (Fsp3) is 0.167. The number of benzene rings is 2. The van der Waals surface area contributed by atoms with Crippen LogP contribution in [-0.2, 0) is 4.79 Å². The van der Waals surface area contributed by atoms with Gasteiger partial charge in [-0.05, 0) is 43.3 Å². The van der Waals surface area contributed by atoms with Crippen LogP contribution < -0.4 is 10.1 Å². The Balaban J connectivity index is 1.56. The van der Waals surface area contributed by atoms with Gasteiger partial charge in [0.05, 0.1) is 18.0 Å². The van der Waals surface area contributed by atoms with Crippen LogP contribution in [-0.4, -0.2) is 28.5 Å². The fourth-order valence-electron chi connectivity index (χ4n) is 2.12. The van der Waals surface area contributed by atoms with Crippen LogP contribution >= 0.6 is 11.8 Å². The fourth-order valence-corrected chi connectivity index (χ4v) is 2.68. The van der Waals surface area contributed by atoms with E-state index in [0.717, 1.165) is 23.1 Å². The van der Waals surface area contributed by atoms with Gasteiger partial charge in [-0.3, -0.25) is 4.79 Å². The molecule has 3 aromatic rings. The van der Waals surface area contributed by atoms with Gasteiger partial charge >= 0.3 is 0 Å². The van der Waals surface area contributed by atoms with E-state index in [4.69, 9.17) is 9.15 Å². The molecule has 2 aromatic carbocycles. The number of halogens is 1. The lowest BCUT2D eigenvalue weighted by atomic mass is 10.2. The van der Waals surface area contributed by atoms with Gasteiger partial charge in [0, 0.05) is 5.56 Å². The lowest BCUT2D eigenvalue weighted by Crippen LogP contribution is -2.14. The third kappa shape index (κ3) is 4.60. The SMILES string of the molecule is CCOc1ccc(-c2nnc(SCC(=O)Nc3ccccc3F)o2)cc1. The monoisotopic (exact) mass is 373 g/mol. The van der Waals surface area contributed by atoms with Crippen molar-refractivity contribution in [3.05, 3.63) is 54.3 Å². The van der Waals surface area contributed by atoms with E-state index in [1.807, 2.05) is 31.2 Å². The standard InChI is InChI=1S/C18H16FN3O3S/c1-2-24-13-9-7-12(8-10-13)17-21-22-18(25-17)26-11-16(23)20-15-6-4-3-5-14(15)19/h3-10H,2,11H2,1H3,(H,20,23). The highest BCUT2D eigenvalue weighted by atomic mass is 32.2. The molecule has 1 aromatic heterocycles. The van der Waals surface area contributed by atoms with Crippen LogP contribution in [0.25, 0.3) is 11.5 Å². The van der Waals surface area contributed by atoms with Crippen LogP contribution in [0.4, 0.5) is 10.1 Å². The summed E-state index contributed by atoms with van der Waals surface area (Å²) in [5.41, 5.74) is 0.891. The van der Waals surface area contributed by atoms with Crippen LogP contribution in [0.2, 0.25) is 0 Å². The maximum absolute atomic E-state index is 13.5. The van der Waals surface area contributed by atoms with Gasteiger partial charge in [-0.2, -0.15) is 0 Å². The second-order valence-electron chi connectivity index (χ2n) is 5.15. The van der Waals surface area contributed by atoms with E-state index < -0.39 is 5.82 Å². The molecule has 0 aliphatic heterocycles. The van der Waals surface area contributed by atoms with E-state index in [1.165, 1.54) is 12.1 Å². The van der Waals surface area contributed by atoms with Gasteiger partial charge in [-0.1, -0.05) is 23.9 Å². The second kappa shape index (κ2) is 8.48. The number of nitrogens with zero attached hydrogens (tertiary/aromatic N) is 2. The summed E-state index contributed by atoms with van der Waals surface area (Å²) in [7, 11) is 0. The van der Waals surface area contributed by atoms with E-state index in [2.05, 4.69) is 15.5 Å². The normalized spacial score (nSPS) is 10.5. The number of hydrogen-bond acceptors (Lipinski definition) is 6. The molecule has 1 N–H and O–H groups in total. The molecule has 0 aliphatic carbocycles. The molecule has 0 saturated carbocycles. The van der Waals surface area contributed by atoms with Gasteiger partial charge in [0.1, 0.15) is 11.6 Å². The number of para-hydroxylation sites is 1. The number of amides is 1. The molecule has 3 rings (SSSR count). The summed E-state index contributed by atoms with van der Waals surface area (Å²) in [5, 5.41) is 10.6. The summed E-state index contributed by atoms with van der Waals surface area (Å²) < 4.78 is 24.4. The zero-order valence-electron chi connectivity index (χ0n) is 13.9. The Kier molecular flexibility index (Phi) is 5.85. The number of carbonyl (C=O) groups is 1. The first-order valence-electron chi connectivity index (χ1n) is 7.89. The average Bonchev–Trinajstić information content (AvgIpc) is 3.12. The first-order chi connectivity index (χ1) is 12.7. The van der Waals surface area contributed by atoms with Gasteiger partial charge in [-0.25, -0.2) is 4.39 Å². The van der Waals surface area contributed by atoms with Crippen LogP contribution in [0.15, 0.2) is 58.2 Å². The first-order valence-corrected chi connectivity index (χ1v) is 8.88. The van der Waals surface area contributed by atoms with Crippen molar-refractivity contribution in [1.29, 1.82) is 0 Å². The minimum Gasteiger partial charge on any atom is -0.494 e. The van der Waals surface area contributed by atoms with Crippen molar-refractivity contribution < 1.29 is 18.3 Å². The molecule has 0 fully saturated rings. The molecule has 0 bridgehead atoms. The molecule has 0 atom stereocenters. The van der Waals surface area contributed by atoms with E-state index >= 15 is 0 Å². The molecule has 1 amide bonds. The molecule has 26 heavy (non-hydrogen) atoms. The van der Waals surface area contributed by atoms with Crippen LogP contribution in [0, 0.1) is 5.82 Å². The summed E-state index contributed by atoms with van der Waals surface area (Å²) in [5.74, 6) is 0.293. The molecule has 0 aliphatic rings. The quantitative estimate of drug-likeness (QED) is 0.631. The molecule has 134 valence electrons. The van der Waals surface area contributed by atoms with Gasteiger partial charge in [0.25, 0.3) is 5.22 Å². The van der Waals surface area contributed by atoms with Crippen molar-refractivity contribution in [1.82, 2.24) is 10.2 Å². The average molecular weight is 373 g/mol. The van der Waals surface area contributed by atoms with Crippen molar-refractivity contribution in [2.24, 2.45) is 0 Å². The summed E-state index contributed by atoms with van der Waals surface area (Å²) in [6.45, 7) is 2.51. The highest BCUT2D eigenvalue weighted by Crippen LogP contribution is 2.25. The Bertz CT molecular complexity index is 883. The number of ether oxygens (including phenoxy) is 1. The predicted molar refractivity (Wildman–Crippen MR) is 96.7 cm³/mol. The van der Waals surface area contributed by atoms with Crippen LogP contribution in [0.1, 0.15) is 6.92 Å². The summed E-state index contributed by atoms with van der Waals surface area (Å²) in [4.78, 5) is 11.9. The minimum atomic E-state index is -0.485. The Morgan fingerprint density at radius 3 is 2.69 bits per heavy atom. The Labute approximate surface area is 153 Å². The molecular weight excluding hydrogens is 357 g/mol. The highest BCUT2D eigenvalue weighted by molar-refractivity contribution is 7.99. The van der Waals surface area contributed by atoms with E-state index in [0.29, 0.717) is 12.5 Å². The summed E-state index contributed by atoms with van der Waals surface area (Å²) in [6, 6.07) is 13.2. The highest BCUT2D eigenvalue weighted by Gasteiger charge is 2.12. The van der Waals surface area contributed by atoms with Crippen LogP contribution in [0.5, 0.6) is 5.75 Å². The number of anilines is 1. The Morgan fingerprint density at radius 1 is 1.19 bits per heavy atom. The minimum absolute atomic E-state index is 0.0270. The molecule has 0 radical (unpaired) electrons. The van der Waals surface area contributed by atoms with Gasteiger partial charge < -0.3 is 14.5 Å². The van der Waals surface area contributed by atoms with Crippen molar-refractivity contribution >= 4 is 23.4 Å². The third-order valence-corrected chi connectivity index (χ3v) is 4.11. The summed E-state index contributed by atoms with van der Waals surface area (Å²) in [6.07, 6.45) is 0. The number of thioether (sulfide) groups is 1. The van der Waals surface area contributed by atoms with Gasteiger partial charge in [-0.15, -0.1) is 10.2 Å². The zero-order chi connectivity index (χ0) is 18.4. The first kappa shape index (κ1) is 17.9. The smallest absolute Gasteiger partial charge is 0.277 e. The second-order valence-corrected chi connectivity index (χ2v) is 6.07. The predicted octanol–water partition coefficient (Wildman–Crippen LogP) is 4.01. The number of aromatic nitrogens is 2. The van der Waals surface area contributed by atoms with E-state index in [9.17, 15) is 9.18 Å². The molecule has 0 unspecified atom stereocenters. The van der Waals surface area contributed by atoms with Crippen molar-refractivity contribution in [3.8, 4) is 17.2 Å². The number of nitrogens with one attached hydrogen (secondary N) is 1. The van der Waals surface area contributed by atoms with Crippen LogP contribution in [0.3, 0.4) is 0 Å². The Hall–Kier alpha value is -2.87. The molecule has 1 heterocycles. The van der Waals surface area contributed by atoms with Gasteiger partial charge in [0.2, 0.25) is 11.8 Å². The topological polar surface area (TPSA) is 77.2 Å². The Morgan fingerprint density at radius 2 is 1.96 bits per heavy atom. The van der Waals surface area contributed by atoms with Crippen molar-refractivity contribution in [3.63, 3.8) is 0 Å². The van der Waals surface area contributed by atoms with Crippen molar-refractivity contribution in [2.45, 2.75) is 12.1 Å². The largest absolute Gasteiger partial charge is 0.494 e. The molecule has 8 heteroatoms. The molecule has 0 saturated heterocycles.